The Hall–Kier alpha value is -4.14. The number of ketones is 2. The summed E-state index contributed by atoms with van der Waals surface area (Å²) in [6.45, 7) is 2.56. The van der Waals surface area contributed by atoms with Gasteiger partial charge in [-0.25, -0.2) is 9.59 Å². The molecule has 3 N–H and O–H groups in total. The van der Waals surface area contributed by atoms with E-state index in [1.807, 2.05) is 0 Å². The summed E-state index contributed by atoms with van der Waals surface area (Å²) in [7, 11) is 0. The van der Waals surface area contributed by atoms with E-state index in [0.717, 1.165) is 37.5 Å². The van der Waals surface area contributed by atoms with Crippen LogP contribution in [0.2, 0.25) is 0 Å². The maximum absolute atomic E-state index is 12.9. The number of carbonyl (C=O) groups is 4. The number of fused-ring (bicyclic) bond motifs is 1. The smallest absolute Gasteiger partial charge is 0.343 e. The van der Waals surface area contributed by atoms with Crippen LogP contribution in [0, 0.1) is 6.92 Å². The summed E-state index contributed by atoms with van der Waals surface area (Å²) in [4.78, 5) is 48.8. The minimum absolute atomic E-state index is 0.0379. The molecule has 0 aromatic heterocycles. The van der Waals surface area contributed by atoms with E-state index in [1.165, 1.54) is 19.1 Å². The van der Waals surface area contributed by atoms with Crippen molar-refractivity contribution in [1.82, 2.24) is 0 Å². The quantitative estimate of drug-likeness (QED) is 0.383. The molecule has 0 bridgehead atoms. The molecule has 154 valence electrons. The Morgan fingerprint density at radius 3 is 2.50 bits per heavy atom. The van der Waals surface area contributed by atoms with Crippen molar-refractivity contribution in [1.29, 1.82) is 0 Å². The molecule has 0 saturated heterocycles. The highest BCUT2D eigenvalue weighted by molar-refractivity contribution is 6.26. The number of rotatable bonds is 4. The van der Waals surface area contributed by atoms with Crippen LogP contribution in [-0.2, 0) is 23.9 Å². The number of carboxylic acids is 1. The maximum atomic E-state index is 12.9. The summed E-state index contributed by atoms with van der Waals surface area (Å²) in [5, 5.41) is 28.1. The Bertz CT molecular complexity index is 1090. The van der Waals surface area contributed by atoms with E-state index >= 15 is 0 Å². The van der Waals surface area contributed by atoms with Gasteiger partial charge in [-0.2, -0.15) is 0 Å². The zero-order valence-corrected chi connectivity index (χ0v) is 15.8. The van der Waals surface area contributed by atoms with E-state index in [-0.39, 0.29) is 33.8 Å². The lowest BCUT2D eigenvalue weighted by Gasteiger charge is -2.31. The highest BCUT2D eigenvalue weighted by Crippen LogP contribution is 2.35. The second kappa shape index (κ2) is 7.36. The van der Waals surface area contributed by atoms with E-state index in [9.17, 15) is 29.4 Å². The number of aliphatic carboxylic acids is 1. The maximum Gasteiger partial charge on any atom is 0.343 e. The van der Waals surface area contributed by atoms with Gasteiger partial charge < -0.3 is 24.8 Å². The fraction of sp³-hybridized carbons (Fsp3) is 0.143. The Balaban J connectivity index is 1.93. The molecule has 0 saturated carbocycles. The minimum Gasteiger partial charge on any atom is -0.508 e. The molecule has 0 fully saturated rings. The highest BCUT2D eigenvalue weighted by Gasteiger charge is 2.49. The largest absolute Gasteiger partial charge is 0.508 e. The Morgan fingerprint density at radius 1 is 1.17 bits per heavy atom. The molecular weight excluding hydrogens is 396 g/mol. The van der Waals surface area contributed by atoms with Gasteiger partial charge in [-0.1, -0.05) is 0 Å². The normalized spacial score (nSPS) is 20.7. The molecule has 9 heteroatoms. The Morgan fingerprint density at radius 2 is 1.87 bits per heavy atom. The van der Waals surface area contributed by atoms with Gasteiger partial charge in [0.1, 0.15) is 29.1 Å². The number of carbonyl (C=O) groups excluding carboxylic acids is 3. The SMILES string of the molecule is Cc1cc(O)cc(O)c1C(=O)O[C@]1(C)C(=O)C=C2C=C(C=CC(=O)O)OC=C2C1=O. The van der Waals surface area contributed by atoms with Crippen molar-refractivity contribution < 1.29 is 44.0 Å². The lowest BCUT2D eigenvalue weighted by atomic mass is 9.80. The third-order valence-corrected chi connectivity index (χ3v) is 4.55. The molecule has 1 atom stereocenters. The van der Waals surface area contributed by atoms with Gasteiger partial charge in [0.15, 0.2) is 0 Å². The van der Waals surface area contributed by atoms with Gasteiger partial charge in [0.25, 0.3) is 0 Å². The minimum atomic E-state index is -2.20. The van der Waals surface area contributed by atoms with Crippen molar-refractivity contribution in [2.24, 2.45) is 0 Å². The third kappa shape index (κ3) is 3.60. The number of esters is 1. The molecule has 3 rings (SSSR count). The molecule has 9 nitrogen and oxygen atoms in total. The van der Waals surface area contributed by atoms with Crippen molar-refractivity contribution in [3.8, 4) is 11.5 Å². The van der Waals surface area contributed by atoms with Crippen LogP contribution in [0.5, 0.6) is 11.5 Å². The topological polar surface area (TPSA) is 147 Å². The molecular formula is C21H16O9. The highest BCUT2D eigenvalue weighted by atomic mass is 16.6. The van der Waals surface area contributed by atoms with Gasteiger partial charge >= 0.3 is 11.9 Å². The number of carboxylic acid groups (broad SMARTS) is 1. The number of hydrogen-bond donors (Lipinski definition) is 3. The van der Waals surface area contributed by atoms with Crippen LogP contribution in [0.15, 0.2) is 59.6 Å². The first kappa shape index (κ1) is 20.6. The molecule has 1 aliphatic carbocycles. The Kier molecular flexibility index (Phi) is 5.05. The lowest BCUT2D eigenvalue weighted by Crippen LogP contribution is -2.50. The molecule has 0 radical (unpaired) electrons. The van der Waals surface area contributed by atoms with Gasteiger partial charge in [0.05, 0.1) is 5.57 Å². The second-order valence-corrected chi connectivity index (χ2v) is 6.74. The molecule has 0 unspecified atom stereocenters. The van der Waals surface area contributed by atoms with Crippen LogP contribution in [0.25, 0.3) is 0 Å². The third-order valence-electron chi connectivity index (χ3n) is 4.55. The van der Waals surface area contributed by atoms with Crippen molar-refractivity contribution >= 4 is 23.5 Å². The summed E-state index contributed by atoms with van der Waals surface area (Å²) in [6.07, 6.45) is 5.41. The first-order chi connectivity index (χ1) is 14.0. The van der Waals surface area contributed by atoms with Crippen LogP contribution in [0.4, 0.5) is 0 Å². The summed E-state index contributed by atoms with van der Waals surface area (Å²) < 4.78 is 10.4. The standard InChI is InChI=1S/C21H16O9/c1-10-5-12(22)8-15(23)18(10)20(28)30-21(2)16(24)7-11-6-13(3-4-17(25)26)29-9-14(11)19(21)27/h3-9,22-23H,1-2H3,(H,25,26)/t21-/m1/s1. The van der Waals surface area contributed by atoms with Crippen molar-refractivity contribution in [2.75, 3.05) is 0 Å². The van der Waals surface area contributed by atoms with Crippen LogP contribution in [-0.4, -0.2) is 44.4 Å². The van der Waals surface area contributed by atoms with Crippen LogP contribution >= 0.6 is 0 Å². The number of allylic oxidation sites excluding steroid dienone is 3. The van der Waals surface area contributed by atoms with Crippen LogP contribution in [0.3, 0.4) is 0 Å². The van der Waals surface area contributed by atoms with Gasteiger partial charge in [-0.05, 0) is 49.3 Å². The number of aromatic hydroxyl groups is 2. The summed E-state index contributed by atoms with van der Waals surface area (Å²) in [6, 6.07) is 2.15. The van der Waals surface area contributed by atoms with Gasteiger partial charge in [-0.3, -0.25) is 9.59 Å². The van der Waals surface area contributed by atoms with Crippen molar-refractivity contribution in [3.63, 3.8) is 0 Å². The zero-order chi connectivity index (χ0) is 22.2. The van der Waals surface area contributed by atoms with E-state index in [1.54, 1.807) is 0 Å². The predicted molar refractivity (Wildman–Crippen MR) is 100 cm³/mol. The van der Waals surface area contributed by atoms with Gasteiger partial charge in [0, 0.05) is 12.1 Å². The average molecular weight is 412 g/mol. The first-order valence-corrected chi connectivity index (χ1v) is 8.59. The molecule has 1 heterocycles. The molecule has 30 heavy (non-hydrogen) atoms. The van der Waals surface area contributed by atoms with E-state index in [0.29, 0.717) is 0 Å². The number of hydrogen-bond acceptors (Lipinski definition) is 8. The summed E-state index contributed by atoms with van der Waals surface area (Å²) in [5.74, 6) is -4.72. The average Bonchev–Trinajstić information content (AvgIpc) is 2.64. The number of phenols is 2. The number of ether oxygens (including phenoxy) is 2. The molecule has 1 aromatic carbocycles. The van der Waals surface area contributed by atoms with Crippen LogP contribution < -0.4 is 0 Å². The van der Waals surface area contributed by atoms with Gasteiger partial charge in [0.2, 0.25) is 17.2 Å². The summed E-state index contributed by atoms with van der Waals surface area (Å²) in [5.41, 5.74) is -2.16. The predicted octanol–water partition coefficient (Wildman–Crippen LogP) is 1.84. The first-order valence-electron chi connectivity index (χ1n) is 8.59. The Labute approximate surface area is 169 Å². The number of aryl methyl sites for hydroxylation is 1. The summed E-state index contributed by atoms with van der Waals surface area (Å²) >= 11 is 0. The molecule has 2 aliphatic rings. The number of Topliss-reactive ketones (excluding diaryl/α,β-unsaturated/α-hetero) is 1. The van der Waals surface area contributed by atoms with Crippen LogP contribution in [0.1, 0.15) is 22.8 Å². The van der Waals surface area contributed by atoms with Crippen molar-refractivity contribution in [3.05, 3.63) is 70.7 Å². The van der Waals surface area contributed by atoms with E-state index < -0.39 is 34.9 Å². The van der Waals surface area contributed by atoms with E-state index in [2.05, 4.69) is 0 Å². The lowest BCUT2D eigenvalue weighted by molar-refractivity contribution is -0.145. The fourth-order valence-electron chi connectivity index (χ4n) is 3.00. The monoisotopic (exact) mass is 412 g/mol. The number of benzene rings is 1. The van der Waals surface area contributed by atoms with E-state index in [4.69, 9.17) is 14.6 Å². The second-order valence-electron chi connectivity index (χ2n) is 6.74. The number of phenolic OH excluding ortho intramolecular Hbond substituents is 2. The molecule has 0 amide bonds. The van der Waals surface area contributed by atoms with Crippen molar-refractivity contribution in [2.45, 2.75) is 19.4 Å². The van der Waals surface area contributed by atoms with Gasteiger partial charge in [-0.15, -0.1) is 0 Å². The fourth-order valence-corrected chi connectivity index (χ4v) is 3.00. The molecule has 1 aliphatic heterocycles. The molecule has 1 aromatic rings. The molecule has 0 spiro atoms. The zero-order valence-electron chi connectivity index (χ0n) is 15.8.